The van der Waals surface area contributed by atoms with Crippen molar-refractivity contribution < 1.29 is 4.79 Å². The highest BCUT2D eigenvalue weighted by Crippen LogP contribution is 2.31. The first-order valence-corrected chi connectivity index (χ1v) is 8.94. The average Bonchev–Trinajstić information content (AvgIpc) is 3.29. The predicted octanol–water partition coefficient (Wildman–Crippen LogP) is 2.99. The molecule has 0 radical (unpaired) electrons. The fourth-order valence-electron chi connectivity index (χ4n) is 3.89. The summed E-state index contributed by atoms with van der Waals surface area (Å²) >= 11 is 0. The third-order valence-corrected chi connectivity index (χ3v) is 5.06. The van der Waals surface area contributed by atoms with Crippen LogP contribution in [0.2, 0.25) is 0 Å². The van der Waals surface area contributed by atoms with Gasteiger partial charge >= 0.3 is 0 Å². The SMILES string of the molecule is CC(C)c1c(C(=O)N2Cc3ccccc3C(n3cccn3)C2)cnn1C. The maximum atomic E-state index is 13.3. The van der Waals surface area contributed by atoms with E-state index >= 15 is 0 Å². The molecular weight excluding hydrogens is 326 g/mol. The van der Waals surface area contributed by atoms with Gasteiger partial charge in [-0.1, -0.05) is 38.1 Å². The molecule has 0 aliphatic carbocycles. The zero-order valence-corrected chi connectivity index (χ0v) is 15.3. The Hall–Kier alpha value is -2.89. The van der Waals surface area contributed by atoms with Crippen molar-refractivity contribution in [3.8, 4) is 0 Å². The fourth-order valence-corrected chi connectivity index (χ4v) is 3.89. The molecule has 1 aliphatic rings. The average molecular weight is 349 g/mol. The Morgan fingerprint density at radius 2 is 2.00 bits per heavy atom. The minimum Gasteiger partial charge on any atom is -0.332 e. The van der Waals surface area contributed by atoms with E-state index in [0.717, 1.165) is 5.69 Å². The summed E-state index contributed by atoms with van der Waals surface area (Å²) in [5.74, 6) is 0.272. The lowest BCUT2D eigenvalue weighted by atomic mass is 9.94. The van der Waals surface area contributed by atoms with Gasteiger partial charge in [0.05, 0.1) is 23.5 Å². The summed E-state index contributed by atoms with van der Waals surface area (Å²) in [5.41, 5.74) is 4.07. The Morgan fingerprint density at radius 1 is 1.19 bits per heavy atom. The van der Waals surface area contributed by atoms with E-state index in [2.05, 4.69) is 36.2 Å². The van der Waals surface area contributed by atoms with Crippen LogP contribution in [-0.4, -0.2) is 36.9 Å². The van der Waals surface area contributed by atoms with Crippen LogP contribution >= 0.6 is 0 Å². The molecule has 6 heteroatoms. The number of rotatable bonds is 3. The van der Waals surface area contributed by atoms with Crippen LogP contribution in [0.5, 0.6) is 0 Å². The molecule has 0 bridgehead atoms. The molecule has 26 heavy (non-hydrogen) atoms. The van der Waals surface area contributed by atoms with Crippen LogP contribution in [0.15, 0.2) is 48.9 Å². The van der Waals surface area contributed by atoms with E-state index in [0.29, 0.717) is 18.7 Å². The molecule has 1 aliphatic heterocycles. The molecule has 134 valence electrons. The van der Waals surface area contributed by atoms with Gasteiger partial charge in [-0.2, -0.15) is 10.2 Å². The molecule has 4 rings (SSSR count). The van der Waals surface area contributed by atoms with Crippen molar-refractivity contribution in [2.45, 2.75) is 32.4 Å². The van der Waals surface area contributed by atoms with Gasteiger partial charge in [-0.3, -0.25) is 14.2 Å². The lowest BCUT2D eigenvalue weighted by Gasteiger charge is -2.35. The van der Waals surface area contributed by atoms with Crippen LogP contribution < -0.4 is 0 Å². The van der Waals surface area contributed by atoms with Gasteiger partial charge in [0.25, 0.3) is 5.91 Å². The molecule has 1 atom stereocenters. The Bertz CT molecular complexity index is 926. The highest BCUT2D eigenvalue weighted by atomic mass is 16.2. The van der Waals surface area contributed by atoms with Gasteiger partial charge in [-0.25, -0.2) is 0 Å². The number of aryl methyl sites for hydroxylation is 1. The van der Waals surface area contributed by atoms with Crippen molar-refractivity contribution in [1.82, 2.24) is 24.5 Å². The maximum Gasteiger partial charge on any atom is 0.257 e. The number of amides is 1. The van der Waals surface area contributed by atoms with Crippen molar-refractivity contribution in [3.05, 3.63) is 71.3 Å². The number of aromatic nitrogens is 4. The van der Waals surface area contributed by atoms with E-state index in [1.165, 1.54) is 11.1 Å². The van der Waals surface area contributed by atoms with Crippen molar-refractivity contribution in [1.29, 1.82) is 0 Å². The van der Waals surface area contributed by atoms with Crippen LogP contribution in [0.4, 0.5) is 0 Å². The van der Waals surface area contributed by atoms with Crippen LogP contribution in [0, 0.1) is 0 Å². The van der Waals surface area contributed by atoms with Gasteiger partial charge in [-0.15, -0.1) is 0 Å². The third kappa shape index (κ3) is 2.71. The summed E-state index contributed by atoms with van der Waals surface area (Å²) in [4.78, 5) is 15.2. The van der Waals surface area contributed by atoms with Crippen LogP contribution in [0.25, 0.3) is 0 Å². The lowest BCUT2D eigenvalue weighted by molar-refractivity contribution is 0.0704. The summed E-state index contributed by atoms with van der Waals surface area (Å²) in [6.45, 7) is 5.39. The number of hydrogen-bond donors (Lipinski definition) is 0. The number of fused-ring (bicyclic) bond motifs is 1. The highest BCUT2D eigenvalue weighted by Gasteiger charge is 2.31. The molecule has 3 aromatic rings. The Labute approximate surface area is 153 Å². The molecule has 0 saturated carbocycles. The van der Waals surface area contributed by atoms with Gasteiger partial charge < -0.3 is 4.90 Å². The van der Waals surface area contributed by atoms with Crippen molar-refractivity contribution in [2.24, 2.45) is 7.05 Å². The second kappa shape index (κ2) is 6.44. The number of carbonyl (C=O) groups is 1. The molecular formula is C20H23N5O. The van der Waals surface area contributed by atoms with Crippen molar-refractivity contribution in [2.75, 3.05) is 6.54 Å². The number of hydrogen-bond acceptors (Lipinski definition) is 3. The van der Waals surface area contributed by atoms with Gasteiger partial charge in [0.1, 0.15) is 0 Å². The van der Waals surface area contributed by atoms with Gasteiger partial charge in [0.15, 0.2) is 0 Å². The standard InChI is InChI=1S/C20H23N5O/c1-14(2)19-17(11-22-23(19)3)20(26)24-12-15-7-4-5-8-16(15)18(13-24)25-10-6-9-21-25/h4-11,14,18H,12-13H2,1-3H3. The Balaban J connectivity index is 1.72. The smallest absolute Gasteiger partial charge is 0.257 e. The summed E-state index contributed by atoms with van der Waals surface area (Å²) in [6, 6.07) is 10.2. The zero-order chi connectivity index (χ0) is 18.3. The van der Waals surface area contributed by atoms with Gasteiger partial charge in [0.2, 0.25) is 0 Å². The first-order chi connectivity index (χ1) is 12.6. The second-order valence-electron chi connectivity index (χ2n) is 7.11. The molecule has 0 fully saturated rings. The molecule has 3 heterocycles. The zero-order valence-electron chi connectivity index (χ0n) is 15.3. The fraction of sp³-hybridized carbons (Fsp3) is 0.350. The molecule has 1 unspecified atom stereocenters. The number of benzene rings is 1. The van der Waals surface area contributed by atoms with Crippen LogP contribution in [0.3, 0.4) is 0 Å². The van der Waals surface area contributed by atoms with Crippen LogP contribution in [-0.2, 0) is 13.6 Å². The molecule has 1 amide bonds. The minimum absolute atomic E-state index is 0.0260. The number of carbonyl (C=O) groups excluding carboxylic acids is 1. The minimum atomic E-state index is 0.0260. The van der Waals surface area contributed by atoms with E-state index in [4.69, 9.17) is 0 Å². The largest absolute Gasteiger partial charge is 0.332 e. The molecule has 0 saturated heterocycles. The quantitative estimate of drug-likeness (QED) is 0.730. The molecule has 0 spiro atoms. The summed E-state index contributed by atoms with van der Waals surface area (Å²) < 4.78 is 3.74. The third-order valence-electron chi connectivity index (χ3n) is 5.06. The molecule has 0 N–H and O–H groups in total. The van der Waals surface area contributed by atoms with E-state index in [1.54, 1.807) is 17.1 Å². The highest BCUT2D eigenvalue weighted by molar-refractivity contribution is 5.95. The van der Waals surface area contributed by atoms with E-state index in [1.807, 2.05) is 41.0 Å². The van der Waals surface area contributed by atoms with Crippen molar-refractivity contribution >= 4 is 5.91 Å². The molecule has 6 nitrogen and oxygen atoms in total. The summed E-state index contributed by atoms with van der Waals surface area (Å²) in [6.07, 6.45) is 5.43. The normalized spacial score (nSPS) is 16.8. The second-order valence-corrected chi connectivity index (χ2v) is 7.11. The Kier molecular flexibility index (Phi) is 4.11. The van der Waals surface area contributed by atoms with E-state index < -0.39 is 0 Å². The maximum absolute atomic E-state index is 13.3. The monoisotopic (exact) mass is 349 g/mol. The topological polar surface area (TPSA) is 56.0 Å². The first-order valence-electron chi connectivity index (χ1n) is 8.94. The molecule has 2 aromatic heterocycles. The van der Waals surface area contributed by atoms with Crippen molar-refractivity contribution in [3.63, 3.8) is 0 Å². The summed E-state index contributed by atoms with van der Waals surface area (Å²) in [5, 5.41) is 8.74. The van der Waals surface area contributed by atoms with E-state index in [-0.39, 0.29) is 17.9 Å². The van der Waals surface area contributed by atoms with Gasteiger partial charge in [0, 0.05) is 32.5 Å². The van der Waals surface area contributed by atoms with Crippen LogP contribution in [0.1, 0.15) is 53.0 Å². The lowest BCUT2D eigenvalue weighted by Crippen LogP contribution is -2.40. The van der Waals surface area contributed by atoms with Gasteiger partial charge in [-0.05, 0) is 23.1 Å². The predicted molar refractivity (Wildman–Crippen MR) is 98.8 cm³/mol. The molecule has 1 aromatic carbocycles. The Morgan fingerprint density at radius 3 is 2.73 bits per heavy atom. The first kappa shape index (κ1) is 16.6. The van der Waals surface area contributed by atoms with E-state index in [9.17, 15) is 4.79 Å². The number of nitrogens with zero attached hydrogens (tertiary/aromatic N) is 5. The summed E-state index contributed by atoms with van der Waals surface area (Å²) in [7, 11) is 1.89.